The van der Waals surface area contributed by atoms with E-state index in [9.17, 15) is 34.8 Å². The molecule has 0 atom stereocenters. The molecule has 0 amide bonds. The summed E-state index contributed by atoms with van der Waals surface area (Å²) in [5.41, 5.74) is 3.42. The van der Waals surface area contributed by atoms with Crippen molar-refractivity contribution in [3.05, 3.63) is 156 Å². The number of rotatable bonds is 16. The predicted molar refractivity (Wildman–Crippen MR) is 420 cm³/mol. The van der Waals surface area contributed by atoms with Crippen molar-refractivity contribution in [2.24, 2.45) is 16.2 Å². The van der Waals surface area contributed by atoms with Crippen molar-refractivity contribution in [2.75, 3.05) is 7.11 Å². The van der Waals surface area contributed by atoms with Crippen LogP contribution in [-0.4, -0.2) is 55.7 Å². The highest BCUT2D eigenvalue weighted by atomic mass is 16.5. The van der Waals surface area contributed by atoms with Crippen LogP contribution in [0.25, 0.3) is 0 Å². The van der Waals surface area contributed by atoms with Gasteiger partial charge in [0.15, 0.2) is 11.5 Å². The molecule has 0 saturated carbocycles. The minimum Gasteiger partial charge on any atom is -0.508 e. The van der Waals surface area contributed by atoms with Crippen LogP contribution in [0.3, 0.4) is 0 Å². The minimum absolute atomic E-state index is 0. The van der Waals surface area contributed by atoms with E-state index in [1.165, 1.54) is 47.0 Å². The van der Waals surface area contributed by atoms with Crippen LogP contribution < -0.4 is 18.9 Å². The molecule has 0 bridgehead atoms. The van der Waals surface area contributed by atoms with Gasteiger partial charge in [-0.05, 0) is 216 Å². The van der Waals surface area contributed by atoms with Crippen LogP contribution in [0.2, 0.25) is 0 Å². The number of hydrogen-bond acceptors (Lipinski definition) is 13. The van der Waals surface area contributed by atoms with E-state index < -0.39 is 16.2 Å². The summed E-state index contributed by atoms with van der Waals surface area (Å²) in [5.74, 6) is 2.41. The summed E-state index contributed by atoms with van der Waals surface area (Å²) in [7, 11) is 1.57. The molecule has 558 valence electrons. The summed E-state index contributed by atoms with van der Waals surface area (Å²) in [6.45, 7) is 38.3. The molecular formula is C83H148O13. The Bertz CT molecular complexity index is 2950. The molecule has 0 unspecified atom stereocenters. The van der Waals surface area contributed by atoms with Crippen molar-refractivity contribution in [2.45, 2.75) is 275 Å². The lowest BCUT2D eigenvalue weighted by Crippen LogP contribution is -2.28. The maximum absolute atomic E-state index is 11.8. The van der Waals surface area contributed by atoms with Crippen LogP contribution in [0.5, 0.6) is 57.5 Å². The molecule has 13 nitrogen and oxygen atoms in total. The number of ether oxygens (including phenoxy) is 4. The third-order valence-corrected chi connectivity index (χ3v) is 15.7. The van der Waals surface area contributed by atoms with Crippen molar-refractivity contribution in [3.63, 3.8) is 0 Å². The van der Waals surface area contributed by atoms with Gasteiger partial charge < -0.3 is 49.6 Å². The molecule has 0 heterocycles. The molecule has 6 aromatic rings. The molecule has 0 aliphatic heterocycles. The van der Waals surface area contributed by atoms with Gasteiger partial charge in [0.1, 0.15) is 46.0 Å². The van der Waals surface area contributed by atoms with Gasteiger partial charge in [0.2, 0.25) is 0 Å². The molecule has 96 heavy (non-hydrogen) atoms. The highest BCUT2D eigenvalue weighted by molar-refractivity contribution is 5.79. The number of phenols is 6. The van der Waals surface area contributed by atoms with E-state index in [2.05, 4.69) is 68.4 Å². The molecule has 0 aromatic heterocycles. The highest BCUT2D eigenvalue weighted by Crippen LogP contribution is 2.35. The van der Waals surface area contributed by atoms with E-state index in [0.717, 1.165) is 32.1 Å². The normalized spacial score (nSPS) is 9.92. The Morgan fingerprint density at radius 3 is 0.969 bits per heavy atom. The van der Waals surface area contributed by atoms with E-state index in [4.69, 9.17) is 29.2 Å². The van der Waals surface area contributed by atoms with E-state index in [0.29, 0.717) is 46.5 Å². The number of hydrogen-bond donors (Lipinski definition) is 6. The zero-order chi connectivity index (χ0) is 64.4. The van der Waals surface area contributed by atoms with Crippen LogP contribution >= 0.6 is 0 Å². The van der Waals surface area contributed by atoms with Crippen LogP contribution in [0.4, 0.5) is 0 Å². The number of esters is 3. The number of aromatic hydroxyl groups is 6. The molecule has 0 fully saturated rings. The Labute approximate surface area is 591 Å². The second kappa shape index (κ2) is 52.5. The largest absolute Gasteiger partial charge is 0.508 e. The Balaban J connectivity index is -0.0000000863. The van der Waals surface area contributed by atoms with Gasteiger partial charge in [0.25, 0.3) is 0 Å². The second-order valence-corrected chi connectivity index (χ2v) is 24.5. The van der Waals surface area contributed by atoms with Crippen LogP contribution in [0, 0.1) is 23.2 Å². The number of carbonyl (C=O) groups excluding carboxylic acids is 3. The summed E-state index contributed by atoms with van der Waals surface area (Å²) in [6, 6.07) is 37.6. The number of aryl methyl sites for hydroxylation is 1. The van der Waals surface area contributed by atoms with Crippen LogP contribution in [0.1, 0.15) is 275 Å². The number of carbonyl (C=O) groups is 3. The van der Waals surface area contributed by atoms with Gasteiger partial charge in [0.05, 0.1) is 23.4 Å². The first kappa shape index (κ1) is 116. The number of phenolic OH excluding ortho intramolecular Hbond substituents is 6. The Kier molecular flexibility index (Phi) is 63.2. The SMILES string of the molecule is C.C.C.C.C.C.C.C.C.C.C.C.CCC(C)(C)C(=O)Oc1ccc(O)c(C)c1.CCC(C)(C)C(=O)Oc1ccc(O)cc1.CCC(C)(C)C(=O)Oc1cccc(O)c1.CCC(C)(C)c1ccc(O)c(OC)c1.CCC(C)(C)c1ccc(O)cc1.CCC(C)(C)c1cccc(O)c1. The van der Waals surface area contributed by atoms with Crippen molar-refractivity contribution >= 4 is 17.9 Å². The maximum atomic E-state index is 11.8. The molecule has 0 radical (unpaired) electrons. The Morgan fingerprint density at radius 1 is 0.323 bits per heavy atom. The first-order valence-electron chi connectivity index (χ1n) is 28.9. The fourth-order valence-electron chi connectivity index (χ4n) is 6.47. The van der Waals surface area contributed by atoms with Crippen molar-refractivity contribution in [1.29, 1.82) is 0 Å². The zero-order valence-electron chi connectivity index (χ0n) is 54.0. The Morgan fingerprint density at radius 2 is 0.625 bits per heavy atom. The van der Waals surface area contributed by atoms with Crippen molar-refractivity contribution < 1.29 is 64.0 Å². The van der Waals surface area contributed by atoms with Gasteiger partial charge >= 0.3 is 17.9 Å². The maximum Gasteiger partial charge on any atom is 0.316 e. The first-order valence-corrected chi connectivity index (χ1v) is 28.9. The van der Waals surface area contributed by atoms with E-state index in [1.807, 2.05) is 98.7 Å². The molecule has 6 aromatic carbocycles. The standard InChI is InChI=1S/C13H18O3.2C12H16O3.C12H18O2.2C11H16O.12CH4/c1-5-13(3,4)12(15)16-10-6-7-11(14)9(2)8-10;1-4-12(2,3)11(14)15-10-7-5-9(13)6-8-10;1-4-12(2,3)11(14)15-10-7-5-6-9(13)8-10;1-5-12(2,3)9-6-7-10(13)11(8-9)14-4;1-4-11(2,3)9-5-7-10(12)8-6-9;1-4-11(2,3)9-6-5-7-10(12)8-9;;;;;;;;;;;;/h6-8,14H,5H2,1-4H3;2*5-8,13H,4H2,1-3H3;6-8,13H,5H2,1-4H3;2*5-8,12H,4H2,1-3H3;12*1H4. The van der Waals surface area contributed by atoms with Gasteiger partial charge in [-0.2, -0.15) is 0 Å². The molecule has 0 spiro atoms. The smallest absolute Gasteiger partial charge is 0.316 e. The molecule has 6 N–H and O–H groups in total. The minimum atomic E-state index is -0.495. The summed E-state index contributed by atoms with van der Waals surface area (Å²) in [4.78, 5) is 35.1. The van der Waals surface area contributed by atoms with Crippen molar-refractivity contribution in [1.82, 2.24) is 0 Å². The second-order valence-electron chi connectivity index (χ2n) is 24.5. The van der Waals surface area contributed by atoms with Crippen LogP contribution in [0.15, 0.2) is 133 Å². The lowest BCUT2D eigenvalue weighted by molar-refractivity contribution is -0.144. The molecular weight excluding hydrogens is 1200 g/mol. The summed E-state index contributed by atoms with van der Waals surface area (Å²) in [6.07, 6.45) is 5.41. The van der Waals surface area contributed by atoms with E-state index in [-0.39, 0.29) is 146 Å². The third-order valence-electron chi connectivity index (χ3n) is 15.7. The van der Waals surface area contributed by atoms with E-state index >= 15 is 0 Å². The fourth-order valence-corrected chi connectivity index (χ4v) is 6.47. The summed E-state index contributed by atoms with van der Waals surface area (Å²) >= 11 is 0. The van der Waals surface area contributed by atoms with Gasteiger partial charge in [0, 0.05) is 6.07 Å². The van der Waals surface area contributed by atoms with Gasteiger partial charge in [-0.3, -0.25) is 14.4 Å². The third kappa shape index (κ3) is 39.4. The molecule has 6 rings (SSSR count). The topological polar surface area (TPSA) is 210 Å². The zero-order valence-corrected chi connectivity index (χ0v) is 54.0. The number of benzene rings is 6. The van der Waals surface area contributed by atoms with Gasteiger partial charge in [-0.15, -0.1) is 0 Å². The molecule has 13 heteroatoms. The molecule has 0 aliphatic rings. The molecule has 0 aliphatic carbocycles. The van der Waals surface area contributed by atoms with Crippen molar-refractivity contribution in [3.8, 4) is 57.5 Å². The lowest BCUT2D eigenvalue weighted by Gasteiger charge is -2.23. The quantitative estimate of drug-likeness (QED) is 0.0394. The van der Waals surface area contributed by atoms with Gasteiger partial charge in [-0.25, -0.2) is 0 Å². The average molecular weight is 1350 g/mol. The van der Waals surface area contributed by atoms with Gasteiger partial charge in [-0.1, -0.05) is 209 Å². The van der Waals surface area contributed by atoms with E-state index in [1.54, 1.807) is 74.7 Å². The predicted octanol–water partition coefficient (Wildman–Crippen LogP) is 25.4. The fraction of sp³-hybridized carbons (Fsp3) is 0.530. The molecule has 0 saturated heterocycles. The monoisotopic (exact) mass is 1350 g/mol. The highest BCUT2D eigenvalue weighted by Gasteiger charge is 2.30. The number of methoxy groups -OCH3 is 1. The Hall–Kier alpha value is -7.67. The average Bonchev–Trinajstić information content (AvgIpc) is 0.991. The van der Waals surface area contributed by atoms with Crippen LogP contribution in [-0.2, 0) is 30.6 Å². The first-order chi connectivity index (χ1) is 38.9. The summed E-state index contributed by atoms with van der Waals surface area (Å²) in [5, 5.41) is 55.4. The summed E-state index contributed by atoms with van der Waals surface area (Å²) < 4.78 is 20.7. The lowest BCUT2D eigenvalue weighted by atomic mass is 9.82.